The highest BCUT2D eigenvalue weighted by Gasteiger charge is 2.28. The number of hydrogen-bond donors (Lipinski definition) is 2. The number of fused-ring (bicyclic) bond motifs is 1. The first-order valence-electron chi connectivity index (χ1n) is 6.42. The third-order valence-corrected chi connectivity index (χ3v) is 4.83. The van der Waals surface area contributed by atoms with E-state index in [0.717, 1.165) is 21.7 Å². The molecule has 1 aromatic heterocycles. The number of nitrogens with one attached hydrogen (secondary N) is 1. The van der Waals surface area contributed by atoms with Crippen LogP contribution in [0.5, 0.6) is 0 Å². The molecule has 19 heavy (non-hydrogen) atoms. The SMILES string of the molecule is CN(Cc1c(C(=O)NN)sc2ccccc12)C1CC1. The van der Waals surface area contributed by atoms with Gasteiger partial charge in [0.05, 0.1) is 4.88 Å². The number of hydrazine groups is 1. The zero-order valence-electron chi connectivity index (χ0n) is 10.8. The van der Waals surface area contributed by atoms with Crippen molar-refractivity contribution in [3.8, 4) is 0 Å². The fourth-order valence-electron chi connectivity index (χ4n) is 2.40. The molecule has 3 N–H and O–H groups in total. The molecule has 1 saturated carbocycles. The maximum atomic E-state index is 11.9. The normalized spacial score (nSPS) is 15.1. The Morgan fingerprint density at radius 3 is 2.89 bits per heavy atom. The summed E-state index contributed by atoms with van der Waals surface area (Å²) in [5, 5.41) is 1.17. The summed E-state index contributed by atoms with van der Waals surface area (Å²) in [6.45, 7) is 0.803. The number of rotatable bonds is 4. The molecular weight excluding hydrogens is 258 g/mol. The zero-order valence-corrected chi connectivity index (χ0v) is 11.7. The van der Waals surface area contributed by atoms with Gasteiger partial charge in [0.1, 0.15) is 0 Å². The quantitative estimate of drug-likeness (QED) is 0.510. The molecular formula is C14H17N3OS. The Bertz CT molecular complexity index is 618. The molecule has 4 nitrogen and oxygen atoms in total. The maximum Gasteiger partial charge on any atom is 0.275 e. The van der Waals surface area contributed by atoms with Crippen LogP contribution in [-0.2, 0) is 6.54 Å². The van der Waals surface area contributed by atoms with E-state index in [1.807, 2.05) is 18.2 Å². The molecule has 0 spiro atoms. The van der Waals surface area contributed by atoms with Crippen LogP contribution in [0.1, 0.15) is 28.1 Å². The van der Waals surface area contributed by atoms with Crippen LogP contribution in [0.3, 0.4) is 0 Å². The number of carbonyl (C=O) groups is 1. The molecule has 1 aliphatic rings. The molecule has 3 rings (SSSR count). The number of thiophene rings is 1. The first kappa shape index (κ1) is 12.6. The number of nitrogens with two attached hydrogens (primary N) is 1. The lowest BCUT2D eigenvalue weighted by molar-refractivity contribution is 0.0956. The van der Waals surface area contributed by atoms with E-state index in [9.17, 15) is 4.79 Å². The third-order valence-electron chi connectivity index (χ3n) is 3.61. The van der Waals surface area contributed by atoms with Crippen LogP contribution >= 0.6 is 11.3 Å². The first-order chi connectivity index (χ1) is 9.20. The molecule has 2 aromatic rings. The minimum atomic E-state index is -0.194. The van der Waals surface area contributed by atoms with Gasteiger partial charge in [0, 0.05) is 17.3 Å². The van der Waals surface area contributed by atoms with Gasteiger partial charge in [-0.3, -0.25) is 15.1 Å². The monoisotopic (exact) mass is 275 g/mol. The average Bonchev–Trinajstić information content (AvgIpc) is 3.22. The predicted octanol–water partition coefficient (Wildman–Crippen LogP) is 2.10. The van der Waals surface area contributed by atoms with Crippen molar-refractivity contribution in [2.75, 3.05) is 7.05 Å². The fourth-order valence-corrected chi connectivity index (χ4v) is 3.52. The summed E-state index contributed by atoms with van der Waals surface area (Å²) in [4.78, 5) is 15.0. The zero-order chi connectivity index (χ0) is 13.4. The van der Waals surface area contributed by atoms with Gasteiger partial charge >= 0.3 is 0 Å². The summed E-state index contributed by atoms with van der Waals surface area (Å²) in [6, 6.07) is 8.81. The van der Waals surface area contributed by atoms with Crippen molar-refractivity contribution >= 4 is 27.3 Å². The highest BCUT2D eigenvalue weighted by molar-refractivity contribution is 7.21. The number of nitrogens with zero attached hydrogens (tertiary/aromatic N) is 1. The summed E-state index contributed by atoms with van der Waals surface area (Å²) < 4.78 is 1.14. The van der Waals surface area contributed by atoms with Gasteiger partial charge in [0.25, 0.3) is 5.91 Å². The number of nitrogen functional groups attached to an aromatic ring is 1. The second-order valence-corrected chi connectivity index (χ2v) is 6.08. The van der Waals surface area contributed by atoms with Crippen LogP contribution in [0.15, 0.2) is 24.3 Å². The Balaban J connectivity index is 2.04. The van der Waals surface area contributed by atoms with E-state index in [4.69, 9.17) is 5.84 Å². The summed E-state index contributed by atoms with van der Waals surface area (Å²) in [5.74, 6) is 5.10. The molecule has 0 aliphatic heterocycles. The highest BCUT2D eigenvalue weighted by Crippen LogP contribution is 2.34. The summed E-state index contributed by atoms with van der Waals surface area (Å²) in [6.07, 6.45) is 2.52. The van der Waals surface area contributed by atoms with Gasteiger partial charge in [-0.2, -0.15) is 0 Å². The minimum Gasteiger partial charge on any atom is -0.299 e. The molecule has 1 fully saturated rings. The van der Waals surface area contributed by atoms with E-state index in [0.29, 0.717) is 6.04 Å². The van der Waals surface area contributed by atoms with Crippen LogP contribution in [0.2, 0.25) is 0 Å². The fraction of sp³-hybridized carbons (Fsp3) is 0.357. The van der Waals surface area contributed by atoms with Gasteiger partial charge < -0.3 is 0 Å². The lowest BCUT2D eigenvalue weighted by Crippen LogP contribution is -2.30. The Morgan fingerprint density at radius 2 is 2.21 bits per heavy atom. The Morgan fingerprint density at radius 1 is 1.47 bits per heavy atom. The van der Waals surface area contributed by atoms with Crippen molar-refractivity contribution in [2.24, 2.45) is 5.84 Å². The van der Waals surface area contributed by atoms with Gasteiger partial charge in [0.2, 0.25) is 0 Å². The van der Waals surface area contributed by atoms with Crippen molar-refractivity contribution in [2.45, 2.75) is 25.4 Å². The van der Waals surface area contributed by atoms with Gasteiger partial charge in [-0.1, -0.05) is 18.2 Å². The topological polar surface area (TPSA) is 58.4 Å². The molecule has 0 atom stereocenters. The average molecular weight is 275 g/mol. The first-order valence-corrected chi connectivity index (χ1v) is 7.24. The maximum absolute atomic E-state index is 11.9. The van der Waals surface area contributed by atoms with E-state index in [-0.39, 0.29) is 5.91 Å². The molecule has 1 aliphatic carbocycles. The number of carbonyl (C=O) groups excluding carboxylic acids is 1. The van der Waals surface area contributed by atoms with Crippen molar-refractivity contribution in [1.82, 2.24) is 10.3 Å². The van der Waals surface area contributed by atoms with Gasteiger partial charge in [-0.15, -0.1) is 11.3 Å². The molecule has 0 bridgehead atoms. The van der Waals surface area contributed by atoms with E-state index in [1.54, 1.807) is 0 Å². The third kappa shape index (κ3) is 2.36. The van der Waals surface area contributed by atoms with Crippen molar-refractivity contribution in [3.05, 3.63) is 34.7 Å². The summed E-state index contributed by atoms with van der Waals surface area (Å²) in [7, 11) is 2.12. The van der Waals surface area contributed by atoms with Crippen LogP contribution in [-0.4, -0.2) is 23.9 Å². The lowest BCUT2D eigenvalue weighted by Gasteiger charge is -2.16. The van der Waals surface area contributed by atoms with Gasteiger partial charge in [-0.25, -0.2) is 5.84 Å². The van der Waals surface area contributed by atoms with E-state index in [2.05, 4.69) is 23.4 Å². The molecule has 100 valence electrons. The number of benzene rings is 1. The largest absolute Gasteiger partial charge is 0.299 e. The Hall–Kier alpha value is -1.43. The smallest absolute Gasteiger partial charge is 0.275 e. The Labute approximate surface area is 116 Å². The van der Waals surface area contributed by atoms with Gasteiger partial charge in [-0.05, 0) is 36.9 Å². The molecule has 0 unspecified atom stereocenters. The predicted molar refractivity (Wildman–Crippen MR) is 78.0 cm³/mol. The molecule has 0 radical (unpaired) electrons. The van der Waals surface area contributed by atoms with E-state index >= 15 is 0 Å². The van der Waals surface area contributed by atoms with E-state index in [1.165, 1.54) is 29.6 Å². The van der Waals surface area contributed by atoms with Crippen LogP contribution in [0, 0.1) is 0 Å². The molecule has 1 amide bonds. The summed E-state index contributed by atoms with van der Waals surface area (Å²) in [5.41, 5.74) is 3.35. The minimum absolute atomic E-state index is 0.194. The van der Waals surface area contributed by atoms with Crippen molar-refractivity contribution < 1.29 is 4.79 Å². The molecule has 1 aromatic carbocycles. The van der Waals surface area contributed by atoms with Crippen LogP contribution in [0.4, 0.5) is 0 Å². The standard InChI is InChI=1S/C14H17N3OS/c1-17(9-6-7-9)8-11-10-4-2-3-5-12(10)19-13(11)14(18)16-15/h2-5,9H,6-8,15H2,1H3,(H,16,18). The highest BCUT2D eigenvalue weighted by atomic mass is 32.1. The summed E-state index contributed by atoms with van der Waals surface area (Å²) >= 11 is 1.51. The number of hydrogen-bond acceptors (Lipinski definition) is 4. The second-order valence-electron chi connectivity index (χ2n) is 5.03. The second kappa shape index (κ2) is 4.92. The van der Waals surface area contributed by atoms with E-state index < -0.39 is 0 Å². The molecule has 1 heterocycles. The lowest BCUT2D eigenvalue weighted by atomic mass is 10.1. The van der Waals surface area contributed by atoms with Crippen LogP contribution < -0.4 is 11.3 Å². The van der Waals surface area contributed by atoms with Gasteiger partial charge in [0.15, 0.2) is 0 Å². The van der Waals surface area contributed by atoms with Crippen LogP contribution in [0.25, 0.3) is 10.1 Å². The van der Waals surface area contributed by atoms with Crippen molar-refractivity contribution in [1.29, 1.82) is 0 Å². The van der Waals surface area contributed by atoms with Crippen molar-refractivity contribution in [3.63, 3.8) is 0 Å². The number of amides is 1. The Kier molecular flexibility index (Phi) is 3.26. The molecule has 0 saturated heterocycles. The molecule has 5 heteroatoms.